The van der Waals surface area contributed by atoms with E-state index < -0.39 is 0 Å². The van der Waals surface area contributed by atoms with Gasteiger partial charge in [-0.15, -0.1) is 0 Å². The molecule has 100 valence electrons. The molecule has 0 radical (unpaired) electrons. The predicted octanol–water partition coefficient (Wildman–Crippen LogP) is 3.45. The van der Waals surface area contributed by atoms with Crippen molar-refractivity contribution < 1.29 is 9.84 Å². The minimum atomic E-state index is 0.252. The van der Waals surface area contributed by atoms with Crippen LogP contribution < -0.4 is 10.1 Å². The van der Waals surface area contributed by atoms with Crippen molar-refractivity contribution in [2.45, 2.75) is 13.1 Å². The van der Waals surface area contributed by atoms with Gasteiger partial charge in [0.2, 0.25) is 0 Å². The fourth-order valence-corrected chi connectivity index (χ4v) is 2.03. The van der Waals surface area contributed by atoms with Crippen LogP contribution in [0.25, 0.3) is 0 Å². The normalized spacial score (nSPS) is 10.4. The number of rotatable bonds is 5. The molecule has 0 aliphatic rings. The van der Waals surface area contributed by atoms with Gasteiger partial charge >= 0.3 is 0 Å². The van der Waals surface area contributed by atoms with Crippen LogP contribution in [0.1, 0.15) is 11.1 Å². The van der Waals surface area contributed by atoms with E-state index in [4.69, 9.17) is 4.74 Å². The Kier molecular flexibility index (Phi) is 4.82. The quantitative estimate of drug-likeness (QED) is 0.886. The summed E-state index contributed by atoms with van der Waals surface area (Å²) in [5, 5.41) is 13.1. The van der Waals surface area contributed by atoms with E-state index in [0.717, 1.165) is 16.6 Å². The molecule has 19 heavy (non-hydrogen) atoms. The fraction of sp³-hybridized carbons (Fsp3) is 0.200. The Morgan fingerprint density at radius 3 is 2.47 bits per heavy atom. The first-order valence-corrected chi connectivity index (χ1v) is 6.79. The maximum atomic E-state index is 9.83. The zero-order chi connectivity index (χ0) is 13.7. The van der Waals surface area contributed by atoms with Crippen molar-refractivity contribution >= 4 is 15.9 Å². The summed E-state index contributed by atoms with van der Waals surface area (Å²) in [5.74, 6) is 0.914. The lowest BCUT2D eigenvalue weighted by atomic mass is 10.1. The van der Waals surface area contributed by atoms with Gasteiger partial charge in [0.05, 0.1) is 7.11 Å². The van der Waals surface area contributed by atoms with Gasteiger partial charge in [-0.25, -0.2) is 0 Å². The summed E-state index contributed by atoms with van der Waals surface area (Å²) in [4.78, 5) is 0. The molecular weight excluding hydrogens is 306 g/mol. The summed E-state index contributed by atoms with van der Waals surface area (Å²) in [6, 6.07) is 13.5. The molecule has 0 aliphatic heterocycles. The van der Waals surface area contributed by atoms with Gasteiger partial charge in [-0.2, -0.15) is 0 Å². The van der Waals surface area contributed by atoms with Crippen molar-refractivity contribution in [3.05, 3.63) is 58.1 Å². The van der Waals surface area contributed by atoms with Crippen LogP contribution >= 0.6 is 15.9 Å². The first kappa shape index (κ1) is 13.9. The molecular formula is C15H16BrNO2. The molecule has 4 heteroatoms. The van der Waals surface area contributed by atoms with E-state index in [-0.39, 0.29) is 5.75 Å². The molecule has 2 rings (SSSR count). The van der Waals surface area contributed by atoms with Crippen LogP contribution in [0.5, 0.6) is 11.5 Å². The number of ether oxygens (including phenoxy) is 1. The zero-order valence-corrected chi connectivity index (χ0v) is 12.3. The van der Waals surface area contributed by atoms with Crippen molar-refractivity contribution in [2.24, 2.45) is 0 Å². The van der Waals surface area contributed by atoms with Gasteiger partial charge in [-0.3, -0.25) is 0 Å². The molecule has 0 bridgehead atoms. The molecule has 0 atom stereocenters. The van der Waals surface area contributed by atoms with Gasteiger partial charge < -0.3 is 15.2 Å². The van der Waals surface area contributed by atoms with Crippen molar-refractivity contribution in [2.75, 3.05) is 7.11 Å². The highest BCUT2D eigenvalue weighted by Crippen LogP contribution is 2.23. The monoisotopic (exact) mass is 321 g/mol. The standard InChI is InChI=1S/C15H16BrNO2/c1-19-14-7-4-12(15(18)8-14)10-17-9-11-2-5-13(16)6-3-11/h2-8,17-18H,9-10H2,1H3. The third-order valence-electron chi connectivity index (χ3n) is 2.85. The number of benzene rings is 2. The van der Waals surface area contributed by atoms with Gasteiger partial charge in [0.1, 0.15) is 11.5 Å². The van der Waals surface area contributed by atoms with Gasteiger partial charge in [0.25, 0.3) is 0 Å². The minimum Gasteiger partial charge on any atom is -0.507 e. The average Bonchev–Trinajstić information content (AvgIpc) is 2.42. The van der Waals surface area contributed by atoms with E-state index >= 15 is 0 Å². The second kappa shape index (κ2) is 6.59. The van der Waals surface area contributed by atoms with Crippen LogP contribution in [0.3, 0.4) is 0 Å². The number of hydrogen-bond acceptors (Lipinski definition) is 3. The fourth-order valence-electron chi connectivity index (χ4n) is 1.76. The Morgan fingerprint density at radius 1 is 1.11 bits per heavy atom. The summed E-state index contributed by atoms with van der Waals surface area (Å²) in [6.45, 7) is 1.38. The number of halogens is 1. The lowest BCUT2D eigenvalue weighted by Gasteiger charge is -2.08. The first-order chi connectivity index (χ1) is 9.19. The van der Waals surface area contributed by atoms with Crippen molar-refractivity contribution in [3.8, 4) is 11.5 Å². The Balaban J connectivity index is 1.90. The Labute approximate surface area is 121 Å². The summed E-state index contributed by atoms with van der Waals surface area (Å²) in [7, 11) is 1.58. The lowest BCUT2D eigenvalue weighted by Crippen LogP contribution is -2.12. The van der Waals surface area contributed by atoms with Gasteiger partial charge in [-0.1, -0.05) is 34.1 Å². The summed E-state index contributed by atoms with van der Waals surface area (Å²) in [6.07, 6.45) is 0. The van der Waals surface area contributed by atoms with E-state index in [0.29, 0.717) is 12.3 Å². The highest BCUT2D eigenvalue weighted by atomic mass is 79.9. The predicted molar refractivity (Wildman–Crippen MR) is 79.3 cm³/mol. The van der Waals surface area contributed by atoms with Gasteiger partial charge in [0, 0.05) is 29.2 Å². The Bertz CT molecular complexity index is 540. The molecule has 2 aromatic carbocycles. The number of phenols is 1. The smallest absolute Gasteiger partial charge is 0.123 e. The molecule has 0 amide bonds. The van der Waals surface area contributed by atoms with Crippen LogP contribution in [-0.4, -0.2) is 12.2 Å². The summed E-state index contributed by atoms with van der Waals surface area (Å²) in [5.41, 5.74) is 2.06. The molecule has 3 nitrogen and oxygen atoms in total. The summed E-state index contributed by atoms with van der Waals surface area (Å²) < 4.78 is 6.12. The Hall–Kier alpha value is -1.52. The largest absolute Gasteiger partial charge is 0.507 e. The van der Waals surface area contributed by atoms with Gasteiger partial charge in [0.15, 0.2) is 0 Å². The van der Waals surface area contributed by atoms with E-state index in [1.165, 1.54) is 5.56 Å². The summed E-state index contributed by atoms with van der Waals surface area (Å²) >= 11 is 3.41. The molecule has 0 fully saturated rings. The van der Waals surface area contributed by atoms with E-state index in [1.54, 1.807) is 13.2 Å². The van der Waals surface area contributed by atoms with Crippen LogP contribution in [0.2, 0.25) is 0 Å². The molecule has 2 aromatic rings. The zero-order valence-electron chi connectivity index (χ0n) is 10.7. The average molecular weight is 322 g/mol. The van der Waals surface area contributed by atoms with Crippen LogP contribution in [-0.2, 0) is 13.1 Å². The van der Waals surface area contributed by atoms with Crippen molar-refractivity contribution in [1.82, 2.24) is 5.32 Å². The maximum Gasteiger partial charge on any atom is 0.123 e. The van der Waals surface area contributed by atoms with E-state index in [2.05, 4.69) is 33.4 Å². The molecule has 2 N–H and O–H groups in total. The number of phenolic OH excluding ortho intramolecular Hbond substituents is 1. The van der Waals surface area contributed by atoms with Crippen molar-refractivity contribution in [1.29, 1.82) is 0 Å². The minimum absolute atomic E-state index is 0.252. The SMILES string of the molecule is COc1ccc(CNCc2ccc(Br)cc2)c(O)c1. The van der Waals surface area contributed by atoms with Gasteiger partial charge in [-0.05, 0) is 23.8 Å². The van der Waals surface area contributed by atoms with Crippen LogP contribution in [0.4, 0.5) is 0 Å². The second-order valence-electron chi connectivity index (χ2n) is 4.22. The van der Waals surface area contributed by atoms with Crippen LogP contribution in [0.15, 0.2) is 46.9 Å². The molecule has 0 aliphatic carbocycles. The maximum absolute atomic E-state index is 9.83. The third-order valence-corrected chi connectivity index (χ3v) is 3.38. The highest BCUT2D eigenvalue weighted by molar-refractivity contribution is 9.10. The van der Waals surface area contributed by atoms with E-state index in [9.17, 15) is 5.11 Å². The molecule has 0 saturated carbocycles. The molecule has 0 saturated heterocycles. The topological polar surface area (TPSA) is 41.5 Å². The number of hydrogen-bond donors (Lipinski definition) is 2. The molecule has 0 spiro atoms. The lowest BCUT2D eigenvalue weighted by molar-refractivity contribution is 0.406. The number of methoxy groups -OCH3 is 1. The number of nitrogens with one attached hydrogen (secondary N) is 1. The number of aromatic hydroxyl groups is 1. The molecule has 0 aromatic heterocycles. The Morgan fingerprint density at radius 2 is 1.84 bits per heavy atom. The highest BCUT2D eigenvalue weighted by Gasteiger charge is 2.02. The van der Waals surface area contributed by atoms with Crippen molar-refractivity contribution in [3.63, 3.8) is 0 Å². The second-order valence-corrected chi connectivity index (χ2v) is 5.14. The first-order valence-electron chi connectivity index (χ1n) is 6.00. The third kappa shape index (κ3) is 3.98. The molecule has 0 unspecified atom stereocenters. The molecule has 0 heterocycles. The van der Waals surface area contributed by atoms with E-state index in [1.807, 2.05) is 24.3 Å². The van der Waals surface area contributed by atoms with Crippen LogP contribution in [0, 0.1) is 0 Å².